The number of carbonyl (C=O) groups excluding carboxylic acids is 1. The Bertz CT molecular complexity index is 1040. The van der Waals surface area contributed by atoms with E-state index in [1.54, 1.807) is 17.0 Å². The lowest BCUT2D eigenvalue weighted by Gasteiger charge is -2.17. The van der Waals surface area contributed by atoms with Gasteiger partial charge in [0.1, 0.15) is 0 Å². The highest BCUT2D eigenvalue weighted by atomic mass is 79.9. The first-order valence-electron chi connectivity index (χ1n) is 10.5. The van der Waals surface area contributed by atoms with Gasteiger partial charge in [0.15, 0.2) is 16.7 Å². The predicted molar refractivity (Wildman–Crippen MR) is 137 cm³/mol. The standard InChI is InChI=1S/C24H26BrClN2O3S/c1-5-30-20-12-16(11-19(25)22(20)31-6-2)13-21-23(29)28(14-15(3)4)24(32-21)27-18-9-7-17(26)8-10-18/h7-13,15H,5-6,14H2,1-4H3/b21-13-,27-24?. The Morgan fingerprint density at radius 2 is 1.84 bits per heavy atom. The smallest absolute Gasteiger partial charge is 0.266 e. The maximum atomic E-state index is 13.2. The first kappa shape index (κ1) is 24.7. The Balaban J connectivity index is 1.98. The molecule has 0 aliphatic carbocycles. The number of benzene rings is 2. The third-order valence-electron chi connectivity index (χ3n) is 4.41. The van der Waals surface area contributed by atoms with Crippen LogP contribution in [0.5, 0.6) is 11.5 Å². The van der Waals surface area contributed by atoms with Gasteiger partial charge in [-0.2, -0.15) is 0 Å². The minimum atomic E-state index is -0.0561. The summed E-state index contributed by atoms with van der Waals surface area (Å²) in [6.07, 6.45) is 1.87. The van der Waals surface area contributed by atoms with E-state index in [1.165, 1.54) is 11.8 Å². The minimum absolute atomic E-state index is 0.0561. The molecule has 1 fully saturated rings. The zero-order valence-corrected chi connectivity index (χ0v) is 21.7. The SMILES string of the molecule is CCOc1cc(/C=C2\SC(=Nc3ccc(Cl)cc3)N(CC(C)C)C2=O)cc(Br)c1OCC. The molecule has 32 heavy (non-hydrogen) atoms. The lowest BCUT2D eigenvalue weighted by Crippen LogP contribution is -2.32. The highest BCUT2D eigenvalue weighted by Gasteiger charge is 2.33. The third-order valence-corrected chi connectivity index (χ3v) is 6.25. The summed E-state index contributed by atoms with van der Waals surface area (Å²) in [5.41, 5.74) is 1.60. The van der Waals surface area contributed by atoms with Crippen LogP contribution in [0.1, 0.15) is 33.3 Å². The van der Waals surface area contributed by atoms with Gasteiger partial charge in [0, 0.05) is 11.6 Å². The van der Waals surface area contributed by atoms with Gasteiger partial charge in [-0.25, -0.2) is 4.99 Å². The summed E-state index contributed by atoms with van der Waals surface area (Å²) >= 11 is 10.9. The molecule has 1 aliphatic heterocycles. The summed E-state index contributed by atoms with van der Waals surface area (Å²) < 4.78 is 12.3. The van der Waals surface area contributed by atoms with Gasteiger partial charge in [0.25, 0.3) is 5.91 Å². The van der Waals surface area contributed by atoms with E-state index in [9.17, 15) is 4.79 Å². The molecule has 0 spiro atoms. The Labute approximate surface area is 207 Å². The molecule has 0 atom stereocenters. The van der Waals surface area contributed by atoms with Crippen molar-refractivity contribution in [1.29, 1.82) is 0 Å². The molecular weight excluding hydrogens is 512 g/mol. The molecule has 0 unspecified atom stereocenters. The molecule has 170 valence electrons. The van der Waals surface area contributed by atoms with E-state index in [0.717, 1.165) is 15.7 Å². The van der Waals surface area contributed by atoms with Gasteiger partial charge in [-0.05, 0) is 95.5 Å². The van der Waals surface area contributed by atoms with E-state index in [-0.39, 0.29) is 5.91 Å². The number of carbonyl (C=O) groups is 1. The fourth-order valence-corrected chi connectivity index (χ4v) is 4.82. The van der Waals surface area contributed by atoms with Crippen LogP contribution in [0, 0.1) is 5.92 Å². The number of amidine groups is 1. The highest BCUT2D eigenvalue weighted by molar-refractivity contribution is 9.10. The summed E-state index contributed by atoms with van der Waals surface area (Å²) in [4.78, 5) is 20.3. The van der Waals surface area contributed by atoms with Gasteiger partial charge in [-0.3, -0.25) is 9.69 Å². The summed E-state index contributed by atoms with van der Waals surface area (Å²) in [7, 11) is 0. The molecule has 0 radical (unpaired) electrons. The van der Waals surface area contributed by atoms with Crippen molar-refractivity contribution < 1.29 is 14.3 Å². The Hall–Kier alpha value is -1.96. The van der Waals surface area contributed by atoms with Crippen molar-refractivity contribution in [2.45, 2.75) is 27.7 Å². The van der Waals surface area contributed by atoms with Crippen LogP contribution < -0.4 is 9.47 Å². The zero-order chi connectivity index (χ0) is 23.3. The monoisotopic (exact) mass is 536 g/mol. The van der Waals surface area contributed by atoms with E-state index in [0.29, 0.717) is 52.3 Å². The number of nitrogens with zero attached hydrogens (tertiary/aromatic N) is 2. The van der Waals surface area contributed by atoms with Gasteiger partial charge >= 0.3 is 0 Å². The number of ether oxygens (including phenoxy) is 2. The average Bonchev–Trinajstić information content (AvgIpc) is 3.01. The number of thioether (sulfide) groups is 1. The van der Waals surface area contributed by atoms with Crippen molar-refractivity contribution in [1.82, 2.24) is 4.90 Å². The van der Waals surface area contributed by atoms with Crippen molar-refractivity contribution >= 4 is 62.1 Å². The second kappa shape index (κ2) is 11.3. The number of halogens is 2. The minimum Gasteiger partial charge on any atom is -0.490 e. The van der Waals surface area contributed by atoms with Crippen LogP contribution in [0.15, 0.2) is 50.8 Å². The van der Waals surface area contributed by atoms with E-state index in [1.807, 2.05) is 44.2 Å². The number of hydrogen-bond donors (Lipinski definition) is 0. The fraction of sp³-hybridized carbons (Fsp3) is 0.333. The van der Waals surface area contributed by atoms with Crippen molar-refractivity contribution in [2.24, 2.45) is 10.9 Å². The van der Waals surface area contributed by atoms with Crippen LogP contribution in [0.2, 0.25) is 5.02 Å². The molecule has 0 aromatic heterocycles. The third kappa shape index (κ3) is 6.09. The first-order valence-corrected chi connectivity index (χ1v) is 12.5. The number of aliphatic imine (C=N–C) groups is 1. The van der Waals surface area contributed by atoms with Gasteiger partial charge in [-0.15, -0.1) is 0 Å². The van der Waals surface area contributed by atoms with Crippen molar-refractivity contribution in [2.75, 3.05) is 19.8 Å². The molecule has 2 aromatic rings. The molecule has 0 N–H and O–H groups in total. The van der Waals surface area contributed by atoms with Gasteiger partial charge in [0.2, 0.25) is 0 Å². The fourth-order valence-electron chi connectivity index (χ4n) is 3.11. The van der Waals surface area contributed by atoms with Crippen LogP contribution in [-0.2, 0) is 4.79 Å². The molecule has 1 saturated heterocycles. The lowest BCUT2D eigenvalue weighted by atomic mass is 10.1. The lowest BCUT2D eigenvalue weighted by molar-refractivity contribution is -0.122. The van der Waals surface area contributed by atoms with Crippen LogP contribution in [0.3, 0.4) is 0 Å². The van der Waals surface area contributed by atoms with Gasteiger partial charge < -0.3 is 9.47 Å². The molecule has 8 heteroatoms. The van der Waals surface area contributed by atoms with E-state index in [2.05, 4.69) is 29.8 Å². The molecule has 2 aromatic carbocycles. The molecular formula is C24H26BrClN2O3S. The van der Waals surface area contributed by atoms with E-state index >= 15 is 0 Å². The Kier molecular flexibility index (Phi) is 8.68. The van der Waals surface area contributed by atoms with Crippen molar-refractivity contribution in [3.05, 3.63) is 56.4 Å². The molecule has 0 saturated carbocycles. The summed E-state index contributed by atoms with van der Waals surface area (Å²) in [5, 5.41) is 1.31. The van der Waals surface area contributed by atoms with Crippen molar-refractivity contribution in [3.63, 3.8) is 0 Å². The summed E-state index contributed by atoms with van der Waals surface area (Å²) in [5.74, 6) is 1.55. The highest BCUT2D eigenvalue weighted by Crippen LogP contribution is 2.40. The maximum Gasteiger partial charge on any atom is 0.266 e. The van der Waals surface area contributed by atoms with E-state index < -0.39 is 0 Å². The Morgan fingerprint density at radius 1 is 1.16 bits per heavy atom. The molecule has 3 rings (SSSR count). The van der Waals surface area contributed by atoms with Gasteiger partial charge in [0.05, 0.1) is 28.3 Å². The van der Waals surface area contributed by atoms with Crippen molar-refractivity contribution in [3.8, 4) is 11.5 Å². The number of hydrogen-bond acceptors (Lipinski definition) is 5. The normalized spacial score (nSPS) is 16.5. The molecule has 1 aliphatic rings. The van der Waals surface area contributed by atoms with E-state index in [4.69, 9.17) is 26.1 Å². The zero-order valence-electron chi connectivity index (χ0n) is 18.5. The topological polar surface area (TPSA) is 51.1 Å². The van der Waals surface area contributed by atoms with Gasteiger partial charge in [-0.1, -0.05) is 25.4 Å². The molecule has 1 heterocycles. The number of rotatable bonds is 8. The Morgan fingerprint density at radius 3 is 2.47 bits per heavy atom. The quantitative estimate of drug-likeness (QED) is 0.335. The summed E-state index contributed by atoms with van der Waals surface area (Å²) in [6, 6.07) is 11.1. The molecule has 1 amide bonds. The average molecular weight is 538 g/mol. The van der Waals surface area contributed by atoms with Crippen LogP contribution in [0.4, 0.5) is 5.69 Å². The van der Waals surface area contributed by atoms with Crippen LogP contribution >= 0.6 is 39.3 Å². The second-order valence-corrected chi connectivity index (χ2v) is 9.79. The number of amides is 1. The predicted octanol–water partition coefficient (Wildman–Crippen LogP) is 7.16. The molecule has 0 bridgehead atoms. The molecule has 5 nitrogen and oxygen atoms in total. The maximum absolute atomic E-state index is 13.2. The van der Waals surface area contributed by atoms with Crippen LogP contribution in [0.25, 0.3) is 6.08 Å². The first-order chi connectivity index (χ1) is 15.3. The largest absolute Gasteiger partial charge is 0.490 e. The summed E-state index contributed by atoms with van der Waals surface area (Å²) in [6.45, 7) is 9.65. The van der Waals surface area contributed by atoms with Crippen LogP contribution in [-0.4, -0.2) is 35.7 Å². The second-order valence-electron chi connectivity index (χ2n) is 7.49.